The van der Waals surface area contributed by atoms with E-state index in [1.807, 2.05) is 0 Å². The number of benzene rings is 1. The van der Waals surface area contributed by atoms with E-state index in [1.165, 1.54) is 16.6 Å². The maximum absolute atomic E-state index is 13.1. The third-order valence-corrected chi connectivity index (χ3v) is 10.9. The average molecular weight is 468 g/mol. The summed E-state index contributed by atoms with van der Waals surface area (Å²) in [7, 11) is 0. The number of aromatic amines is 1. The molecule has 6 heteroatoms. The van der Waals surface area contributed by atoms with Gasteiger partial charge in [0.1, 0.15) is 5.41 Å². The van der Waals surface area contributed by atoms with Crippen LogP contribution in [0.3, 0.4) is 0 Å². The monoisotopic (exact) mass is 467 g/mol. The summed E-state index contributed by atoms with van der Waals surface area (Å²) < 4.78 is 6.35. The third-order valence-electron chi connectivity index (χ3n) is 10.9. The van der Waals surface area contributed by atoms with E-state index in [0.29, 0.717) is 12.3 Å². The normalized spacial score (nSPS) is 43.6. The zero-order valence-corrected chi connectivity index (χ0v) is 20.6. The van der Waals surface area contributed by atoms with Crippen LogP contribution in [-0.2, 0) is 21.4 Å². The number of aliphatic carboxylic acids is 1. The highest BCUT2D eigenvalue weighted by Gasteiger charge is 2.73. The first-order valence-corrected chi connectivity index (χ1v) is 12.8. The molecule has 3 fully saturated rings. The molecule has 34 heavy (non-hydrogen) atoms. The van der Waals surface area contributed by atoms with E-state index >= 15 is 0 Å². The lowest BCUT2D eigenvalue weighted by atomic mass is 9.39. The predicted octanol–water partition coefficient (Wildman–Crippen LogP) is 4.17. The molecule has 1 aromatic heterocycles. The Morgan fingerprint density at radius 1 is 1.18 bits per heavy atom. The average Bonchev–Trinajstić information content (AvgIpc) is 3.27. The van der Waals surface area contributed by atoms with E-state index < -0.39 is 35.3 Å². The van der Waals surface area contributed by atoms with E-state index in [9.17, 15) is 20.1 Å². The van der Waals surface area contributed by atoms with Crippen LogP contribution in [0.4, 0.5) is 0 Å². The smallest absolute Gasteiger partial charge is 0.315 e. The van der Waals surface area contributed by atoms with Gasteiger partial charge in [0.2, 0.25) is 0 Å². The number of nitrogens with one attached hydrogen (secondary N) is 1. The molecule has 184 valence electrons. The van der Waals surface area contributed by atoms with Crippen molar-refractivity contribution in [2.24, 2.45) is 22.7 Å². The molecule has 0 radical (unpaired) electrons. The van der Waals surface area contributed by atoms with Crippen molar-refractivity contribution in [1.29, 1.82) is 0 Å². The second kappa shape index (κ2) is 6.86. The lowest BCUT2D eigenvalue weighted by Crippen LogP contribution is -2.72. The summed E-state index contributed by atoms with van der Waals surface area (Å²) in [6.45, 7) is 7.97. The van der Waals surface area contributed by atoms with Gasteiger partial charge in [-0.3, -0.25) is 4.79 Å². The minimum atomic E-state index is -1.36. The summed E-state index contributed by atoms with van der Waals surface area (Å²) in [5.74, 6) is -0.715. The van der Waals surface area contributed by atoms with Crippen LogP contribution in [-0.4, -0.2) is 50.2 Å². The Kier molecular flexibility index (Phi) is 4.55. The molecule has 2 heterocycles. The van der Waals surface area contributed by atoms with Gasteiger partial charge in [-0.05, 0) is 74.8 Å². The molecule has 1 aromatic carbocycles. The number of hydrogen-bond donors (Lipinski definition) is 4. The zero-order chi connectivity index (χ0) is 24.3. The Labute approximate surface area is 200 Å². The van der Waals surface area contributed by atoms with Crippen molar-refractivity contribution in [3.8, 4) is 0 Å². The number of para-hydroxylation sites is 1. The highest BCUT2D eigenvalue weighted by Crippen LogP contribution is 2.71. The maximum atomic E-state index is 13.1. The van der Waals surface area contributed by atoms with E-state index in [4.69, 9.17) is 4.74 Å². The number of aliphatic hydroxyl groups excluding tert-OH is 1. The van der Waals surface area contributed by atoms with Gasteiger partial charge in [-0.2, -0.15) is 0 Å². The van der Waals surface area contributed by atoms with Gasteiger partial charge in [-0.15, -0.1) is 0 Å². The number of aromatic nitrogens is 1. The van der Waals surface area contributed by atoms with Crippen molar-refractivity contribution < 1.29 is 24.9 Å². The predicted molar refractivity (Wildman–Crippen MR) is 129 cm³/mol. The molecule has 3 aliphatic carbocycles. The molecule has 2 aromatic rings. The Bertz CT molecular complexity index is 1170. The Hall–Kier alpha value is -1.89. The standard InChI is InChI=1S/C28H37NO5/c1-25(2,33)22-14-20(30)28(24(31)32)19-10-9-15-13-17-16-7-5-6-8-18(16)29-23(17)27(15,4)26(19,3)12-11-21(28)34-22/h5-8,15,19-22,29-30,33H,9-14H2,1-4H3,(H,31,32)/t15-,19+,20?,21?,22-,26-,27+,28?/m0/s1. The number of carboxylic acids is 1. The van der Waals surface area contributed by atoms with Crippen LogP contribution in [0, 0.1) is 22.7 Å². The first-order valence-electron chi connectivity index (χ1n) is 12.8. The molecule has 1 aliphatic heterocycles. The Morgan fingerprint density at radius 2 is 1.91 bits per heavy atom. The maximum Gasteiger partial charge on any atom is 0.315 e. The minimum absolute atomic E-state index is 0.136. The van der Waals surface area contributed by atoms with Crippen LogP contribution in [0.2, 0.25) is 0 Å². The molecule has 0 spiro atoms. The number of fused-ring (bicyclic) bond motifs is 9. The topological polar surface area (TPSA) is 103 Å². The van der Waals surface area contributed by atoms with Gasteiger partial charge < -0.3 is 25.0 Å². The zero-order valence-electron chi connectivity index (χ0n) is 20.6. The van der Waals surface area contributed by atoms with Crippen molar-refractivity contribution in [2.75, 3.05) is 0 Å². The highest BCUT2D eigenvalue weighted by molar-refractivity contribution is 5.86. The molecule has 0 bridgehead atoms. The van der Waals surface area contributed by atoms with Crippen LogP contribution in [0.25, 0.3) is 10.9 Å². The molecular weight excluding hydrogens is 430 g/mol. The first-order chi connectivity index (χ1) is 16.0. The second-order valence-electron chi connectivity index (χ2n) is 12.5. The molecule has 0 amide bonds. The van der Waals surface area contributed by atoms with Gasteiger partial charge >= 0.3 is 5.97 Å². The molecule has 4 N–H and O–H groups in total. The lowest BCUT2D eigenvalue weighted by Gasteiger charge is -2.66. The molecule has 3 unspecified atom stereocenters. The van der Waals surface area contributed by atoms with Crippen LogP contribution in [0.1, 0.15) is 71.1 Å². The van der Waals surface area contributed by atoms with Gasteiger partial charge in [0.15, 0.2) is 0 Å². The summed E-state index contributed by atoms with van der Waals surface area (Å²) in [5.41, 5.74) is 0.795. The number of H-pyrrole nitrogens is 1. The van der Waals surface area contributed by atoms with Crippen molar-refractivity contribution in [1.82, 2.24) is 4.98 Å². The number of carbonyl (C=O) groups is 1. The SMILES string of the molecule is CC(C)(O)[C@@H]1CC(O)C2(C(=O)O)C(CC[C@@]3(C)[C@H]2CC[C@H]2Cc4c([nH]c5ccccc45)[C@@]23C)O1. The van der Waals surface area contributed by atoms with Crippen LogP contribution in [0.5, 0.6) is 0 Å². The summed E-state index contributed by atoms with van der Waals surface area (Å²) in [6, 6.07) is 8.46. The van der Waals surface area contributed by atoms with Gasteiger partial charge in [-0.25, -0.2) is 0 Å². The molecule has 4 aliphatic rings. The van der Waals surface area contributed by atoms with Gasteiger partial charge in [0.25, 0.3) is 0 Å². The highest BCUT2D eigenvalue weighted by atomic mass is 16.5. The van der Waals surface area contributed by atoms with E-state index in [-0.39, 0.29) is 23.2 Å². The Balaban J connectivity index is 1.49. The van der Waals surface area contributed by atoms with Crippen molar-refractivity contribution >= 4 is 16.9 Å². The van der Waals surface area contributed by atoms with Crippen LogP contribution >= 0.6 is 0 Å². The van der Waals surface area contributed by atoms with E-state index in [0.717, 1.165) is 31.2 Å². The first kappa shape index (κ1) is 22.6. The van der Waals surface area contributed by atoms with Crippen LogP contribution in [0.15, 0.2) is 24.3 Å². The number of rotatable bonds is 2. The fourth-order valence-electron chi connectivity index (χ4n) is 8.96. The van der Waals surface area contributed by atoms with E-state index in [2.05, 4.69) is 43.1 Å². The summed E-state index contributed by atoms with van der Waals surface area (Å²) in [4.78, 5) is 16.9. The third kappa shape index (κ3) is 2.50. The number of aliphatic hydroxyl groups is 2. The lowest BCUT2D eigenvalue weighted by molar-refractivity contribution is -0.283. The summed E-state index contributed by atoms with van der Waals surface area (Å²) >= 11 is 0. The Morgan fingerprint density at radius 3 is 2.62 bits per heavy atom. The van der Waals surface area contributed by atoms with Crippen molar-refractivity contribution in [2.45, 2.75) is 95.5 Å². The number of hydrogen-bond acceptors (Lipinski definition) is 4. The molecule has 2 saturated carbocycles. The number of ether oxygens (including phenoxy) is 1. The molecule has 6 rings (SSSR count). The molecule has 6 nitrogen and oxygen atoms in total. The van der Waals surface area contributed by atoms with Crippen molar-refractivity contribution in [3.63, 3.8) is 0 Å². The molecular formula is C28H37NO5. The van der Waals surface area contributed by atoms with Crippen molar-refractivity contribution in [3.05, 3.63) is 35.5 Å². The fourth-order valence-corrected chi connectivity index (χ4v) is 8.96. The number of carboxylic acid groups (broad SMARTS) is 1. The van der Waals surface area contributed by atoms with Crippen LogP contribution < -0.4 is 0 Å². The van der Waals surface area contributed by atoms with Gasteiger partial charge in [0, 0.05) is 28.4 Å². The molecule has 8 atom stereocenters. The quantitative estimate of drug-likeness (QED) is 0.531. The summed E-state index contributed by atoms with van der Waals surface area (Å²) in [6.07, 6.45) is 2.03. The van der Waals surface area contributed by atoms with E-state index in [1.54, 1.807) is 13.8 Å². The fraction of sp³-hybridized carbons (Fsp3) is 0.679. The largest absolute Gasteiger partial charge is 0.481 e. The minimum Gasteiger partial charge on any atom is -0.481 e. The van der Waals surface area contributed by atoms with Gasteiger partial charge in [-0.1, -0.05) is 32.0 Å². The second-order valence-corrected chi connectivity index (χ2v) is 12.5. The summed E-state index contributed by atoms with van der Waals surface area (Å²) in [5, 5.41) is 34.2. The molecule has 1 saturated heterocycles. The van der Waals surface area contributed by atoms with Gasteiger partial charge in [0.05, 0.1) is 23.9 Å².